The molecule has 2 aromatic rings. The molecule has 1 N–H and O–H groups in total. The van der Waals surface area contributed by atoms with Crippen LogP contribution in [0.3, 0.4) is 0 Å². The van der Waals surface area contributed by atoms with Gasteiger partial charge in [-0.25, -0.2) is 0 Å². The zero-order valence-electron chi connectivity index (χ0n) is 19.3. The van der Waals surface area contributed by atoms with Crippen LogP contribution in [0.1, 0.15) is 30.5 Å². The van der Waals surface area contributed by atoms with E-state index in [2.05, 4.69) is 0 Å². The lowest BCUT2D eigenvalue weighted by Crippen LogP contribution is -2.35. The molecule has 33 heavy (non-hydrogen) atoms. The van der Waals surface area contributed by atoms with Gasteiger partial charge in [-0.15, -0.1) is 0 Å². The number of amides is 1. The fourth-order valence-corrected chi connectivity index (χ4v) is 3.91. The van der Waals surface area contributed by atoms with Gasteiger partial charge in [0.2, 0.25) is 0 Å². The maximum Gasteiger partial charge on any atom is 0.295 e. The van der Waals surface area contributed by atoms with Gasteiger partial charge in [0.15, 0.2) is 0 Å². The first-order valence-corrected chi connectivity index (χ1v) is 11.2. The molecule has 0 saturated carbocycles. The molecule has 7 nitrogen and oxygen atoms in total. The summed E-state index contributed by atoms with van der Waals surface area (Å²) in [6, 6.07) is 11.2. The quantitative estimate of drug-likeness (QED) is 0.336. The monoisotopic (exact) mass is 472 g/mol. The van der Waals surface area contributed by atoms with Crippen LogP contribution in [0.4, 0.5) is 0 Å². The van der Waals surface area contributed by atoms with Crippen molar-refractivity contribution < 1.29 is 24.2 Å². The summed E-state index contributed by atoms with van der Waals surface area (Å²) in [7, 11) is 5.24. The Hall–Kier alpha value is -3.03. The molecule has 0 aliphatic carbocycles. The van der Waals surface area contributed by atoms with Crippen molar-refractivity contribution in [2.45, 2.75) is 19.4 Å². The zero-order chi connectivity index (χ0) is 24.1. The van der Waals surface area contributed by atoms with E-state index in [1.807, 2.05) is 38.1 Å². The Labute approximate surface area is 199 Å². The molecular formula is C25H29ClN2O5. The number of hydrogen-bond donors (Lipinski definition) is 1. The summed E-state index contributed by atoms with van der Waals surface area (Å²) in [6.07, 6.45) is 0.883. The van der Waals surface area contributed by atoms with E-state index in [9.17, 15) is 14.7 Å². The number of carbonyl (C=O) groups excluding carboxylic acids is 2. The van der Waals surface area contributed by atoms with Crippen LogP contribution in [-0.4, -0.2) is 67.5 Å². The second-order valence-electron chi connectivity index (χ2n) is 8.06. The largest absolute Gasteiger partial charge is 0.507 e. The molecule has 1 atom stereocenters. The third-order valence-corrected chi connectivity index (χ3v) is 5.65. The Balaban J connectivity index is 2.14. The molecule has 1 heterocycles. The number of ether oxygens (including phenoxy) is 2. The minimum Gasteiger partial charge on any atom is -0.507 e. The summed E-state index contributed by atoms with van der Waals surface area (Å²) in [4.78, 5) is 29.6. The predicted octanol–water partition coefficient (Wildman–Crippen LogP) is 4.12. The standard InChI is InChI=1S/C25H29ClN2O5/c1-5-14-33-18-9-6-16(7-10-18)22-21(24(30)25(31)28(22)13-12-27(2)3)23(29)19-15-17(26)8-11-20(19)32-4/h6-11,15,22,29H,5,12-14H2,1-4H3/b23-21+. The molecule has 1 aliphatic rings. The van der Waals surface area contributed by atoms with Crippen molar-refractivity contribution in [3.63, 3.8) is 0 Å². The highest BCUT2D eigenvalue weighted by Crippen LogP contribution is 2.41. The Bertz CT molecular complexity index is 1050. The minimum absolute atomic E-state index is 0.00143. The predicted molar refractivity (Wildman–Crippen MR) is 128 cm³/mol. The summed E-state index contributed by atoms with van der Waals surface area (Å²) < 4.78 is 11.0. The third kappa shape index (κ3) is 5.31. The van der Waals surface area contributed by atoms with Crippen LogP contribution in [0, 0.1) is 0 Å². The van der Waals surface area contributed by atoms with E-state index in [0.29, 0.717) is 41.8 Å². The molecule has 3 rings (SSSR count). The highest BCUT2D eigenvalue weighted by Gasteiger charge is 2.46. The molecule has 1 aliphatic heterocycles. The van der Waals surface area contributed by atoms with Gasteiger partial charge in [0, 0.05) is 18.1 Å². The Morgan fingerprint density at radius 1 is 1.15 bits per heavy atom. The first kappa shape index (κ1) is 24.6. The maximum atomic E-state index is 13.1. The number of aliphatic hydroxyl groups is 1. The van der Waals surface area contributed by atoms with Gasteiger partial charge in [0.25, 0.3) is 11.7 Å². The van der Waals surface area contributed by atoms with Gasteiger partial charge in [0.05, 0.1) is 30.9 Å². The molecule has 0 spiro atoms. The minimum atomic E-state index is -0.756. The van der Waals surface area contributed by atoms with E-state index in [1.165, 1.54) is 18.1 Å². The van der Waals surface area contributed by atoms with Gasteiger partial charge < -0.3 is 24.4 Å². The molecule has 0 aromatic heterocycles. The van der Waals surface area contributed by atoms with E-state index in [-0.39, 0.29) is 16.9 Å². The second-order valence-corrected chi connectivity index (χ2v) is 8.49. The molecule has 1 amide bonds. The molecular weight excluding hydrogens is 444 g/mol. The first-order valence-electron chi connectivity index (χ1n) is 10.8. The Morgan fingerprint density at radius 3 is 2.45 bits per heavy atom. The number of methoxy groups -OCH3 is 1. The molecule has 0 bridgehead atoms. The van der Waals surface area contributed by atoms with Crippen LogP contribution in [0.25, 0.3) is 5.76 Å². The number of likely N-dealkylation sites (tertiary alicyclic amines) is 1. The molecule has 1 fully saturated rings. The van der Waals surface area contributed by atoms with Crippen molar-refractivity contribution in [2.24, 2.45) is 0 Å². The van der Waals surface area contributed by atoms with Gasteiger partial charge in [-0.1, -0.05) is 30.7 Å². The number of Topliss-reactive ketones (excluding diaryl/α,β-unsaturated/α-hetero) is 1. The number of rotatable bonds is 9. The summed E-state index contributed by atoms with van der Waals surface area (Å²) in [6.45, 7) is 3.49. The molecule has 8 heteroatoms. The van der Waals surface area contributed by atoms with Crippen molar-refractivity contribution in [1.29, 1.82) is 0 Å². The number of aliphatic hydroxyl groups excluding tert-OH is 1. The van der Waals surface area contributed by atoms with E-state index < -0.39 is 17.7 Å². The van der Waals surface area contributed by atoms with Crippen molar-refractivity contribution in [3.8, 4) is 11.5 Å². The summed E-state index contributed by atoms with van der Waals surface area (Å²) in [5.74, 6) is -0.683. The van der Waals surface area contributed by atoms with Crippen molar-refractivity contribution in [1.82, 2.24) is 9.80 Å². The lowest BCUT2D eigenvalue weighted by Gasteiger charge is -2.26. The fraction of sp³-hybridized carbons (Fsp3) is 0.360. The first-order chi connectivity index (χ1) is 15.8. The van der Waals surface area contributed by atoms with Crippen LogP contribution in [0.15, 0.2) is 48.0 Å². The Kier molecular flexibility index (Phi) is 8.00. The van der Waals surface area contributed by atoms with Gasteiger partial charge in [-0.3, -0.25) is 9.59 Å². The van der Waals surface area contributed by atoms with Crippen LogP contribution in [0.2, 0.25) is 5.02 Å². The average Bonchev–Trinajstić information content (AvgIpc) is 3.06. The molecule has 0 radical (unpaired) electrons. The van der Waals surface area contributed by atoms with Gasteiger partial charge >= 0.3 is 0 Å². The van der Waals surface area contributed by atoms with E-state index in [1.54, 1.807) is 24.3 Å². The zero-order valence-corrected chi connectivity index (χ0v) is 20.1. The highest BCUT2D eigenvalue weighted by molar-refractivity contribution is 6.46. The van der Waals surface area contributed by atoms with E-state index in [4.69, 9.17) is 21.1 Å². The van der Waals surface area contributed by atoms with Gasteiger partial charge in [-0.05, 0) is 56.4 Å². The van der Waals surface area contributed by atoms with Gasteiger partial charge in [0.1, 0.15) is 17.3 Å². The molecule has 1 saturated heterocycles. The van der Waals surface area contributed by atoms with Crippen LogP contribution >= 0.6 is 11.6 Å². The highest BCUT2D eigenvalue weighted by atomic mass is 35.5. The van der Waals surface area contributed by atoms with E-state index in [0.717, 1.165) is 6.42 Å². The van der Waals surface area contributed by atoms with Crippen LogP contribution in [-0.2, 0) is 9.59 Å². The number of nitrogens with zero attached hydrogens (tertiary/aromatic N) is 2. The van der Waals surface area contributed by atoms with E-state index >= 15 is 0 Å². The van der Waals surface area contributed by atoms with Crippen molar-refractivity contribution in [3.05, 3.63) is 64.2 Å². The number of benzene rings is 2. The van der Waals surface area contributed by atoms with Crippen molar-refractivity contribution >= 4 is 29.1 Å². The van der Waals surface area contributed by atoms with Crippen LogP contribution < -0.4 is 9.47 Å². The molecule has 2 aromatic carbocycles. The maximum absolute atomic E-state index is 13.1. The molecule has 176 valence electrons. The normalized spacial score (nSPS) is 17.6. The van der Waals surface area contributed by atoms with Crippen LogP contribution in [0.5, 0.6) is 11.5 Å². The summed E-state index contributed by atoms with van der Waals surface area (Å²) >= 11 is 6.14. The van der Waals surface area contributed by atoms with Crippen molar-refractivity contribution in [2.75, 3.05) is 40.9 Å². The summed E-state index contributed by atoms with van der Waals surface area (Å²) in [5.41, 5.74) is 0.949. The lowest BCUT2D eigenvalue weighted by atomic mass is 9.95. The number of carbonyl (C=O) groups is 2. The smallest absolute Gasteiger partial charge is 0.295 e. The average molecular weight is 473 g/mol. The SMILES string of the molecule is CCCOc1ccc(C2/C(=C(\O)c3cc(Cl)ccc3OC)C(=O)C(=O)N2CCN(C)C)cc1. The van der Waals surface area contributed by atoms with Gasteiger partial charge in [-0.2, -0.15) is 0 Å². The lowest BCUT2D eigenvalue weighted by molar-refractivity contribution is -0.140. The fourth-order valence-electron chi connectivity index (χ4n) is 3.74. The molecule has 1 unspecified atom stereocenters. The second kappa shape index (κ2) is 10.7. The summed E-state index contributed by atoms with van der Waals surface area (Å²) in [5, 5.41) is 11.6. The third-order valence-electron chi connectivity index (χ3n) is 5.41. The number of hydrogen-bond acceptors (Lipinski definition) is 6. The Morgan fingerprint density at radius 2 is 1.85 bits per heavy atom. The number of ketones is 1. The topological polar surface area (TPSA) is 79.3 Å². The number of halogens is 1. The number of likely N-dealkylation sites (N-methyl/N-ethyl adjacent to an activating group) is 1.